The summed E-state index contributed by atoms with van der Waals surface area (Å²) >= 11 is 0. The number of hydrogen-bond acceptors (Lipinski definition) is 6. The third-order valence-electron chi connectivity index (χ3n) is 5.37. The molecule has 0 aliphatic carbocycles. The Morgan fingerprint density at radius 3 is 2.46 bits per heavy atom. The molecular weight excluding hydrogens is 466 g/mol. The minimum absolute atomic E-state index is 0. The maximum atomic E-state index is 11.8. The van der Waals surface area contributed by atoms with Gasteiger partial charge < -0.3 is 15.4 Å². The molecule has 2 heterocycles. The molecule has 3 N–H and O–H groups in total. The standard InChI is InChI=1S/C25H27N7O2.ClH/c1-4-26-25(33)27-14-22-17(3)28-16(2)13-23(22)34-15-18-9-11-19(12-10-18)20-7-5-6-8-21(20)24-29-31-32-30-24;/h5-13H,4,14-15H2,1-3H3,(H2,26,27,33)(H,29,30,31,32);1H. The van der Waals surface area contributed by atoms with E-state index >= 15 is 0 Å². The zero-order valence-corrected chi connectivity index (χ0v) is 20.6. The largest absolute Gasteiger partial charge is 0.488 e. The highest BCUT2D eigenvalue weighted by Crippen LogP contribution is 2.30. The zero-order valence-electron chi connectivity index (χ0n) is 19.8. The molecule has 0 saturated heterocycles. The second-order valence-electron chi connectivity index (χ2n) is 7.82. The number of nitrogens with one attached hydrogen (secondary N) is 3. The fraction of sp³-hybridized carbons (Fsp3) is 0.240. The maximum absolute atomic E-state index is 11.8. The summed E-state index contributed by atoms with van der Waals surface area (Å²) in [4.78, 5) is 16.4. The highest BCUT2D eigenvalue weighted by molar-refractivity contribution is 5.85. The van der Waals surface area contributed by atoms with Crippen LogP contribution < -0.4 is 15.4 Å². The monoisotopic (exact) mass is 493 g/mol. The summed E-state index contributed by atoms with van der Waals surface area (Å²) in [5.41, 5.74) is 6.61. The Morgan fingerprint density at radius 2 is 1.77 bits per heavy atom. The van der Waals surface area contributed by atoms with E-state index in [1.54, 1.807) is 0 Å². The first-order chi connectivity index (χ1) is 16.5. The first-order valence-electron chi connectivity index (χ1n) is 11.1. The normalized spacial score (nSPS) is 10.4. The fourth-order valence-electron chi connectivity index (χ4n) is 3.71. The number of amides is 2. The highest BCUT2D eigenvalue weighted by Gasteiger charge is 2.13. The summed E-state index contributed by atoms with van der Waals surface area (Å²) < 4.78 is 6.16. The maximum Gasteiger partial charge on any atom is 0.315 e. The van der Waals surface area contributed by atoms with Gasteiger partial charge in [-0.3, -0.25) is 4.98 Å². The Morgan fingerprint density at radius 1 is 1.03 bits per heavy atom. The van der Waals surface area contributed by atoms with Crippen LogP contribution in [0.15, 0.2) is 54.6 Å². The quantitative estimate of drug-likeness (QED) is 0.335. The van der Waals surface area contributed by atoms with Crippen LogP contribution in [0.1, 0.15) is 29.4 Å². The van der Waals surface area contributed by atoms with E-state index in [0.717, 1.165) is 39.2 Å². The van der Waals surface area contributed by atoms with E-state index in [1.165, 1.54) is 0 Å². The minimum Gasteiger partial charge on any atom is -0.488 e. The molecule has 0 radical (unpaired) electrons. The van der Waals surface area contributed by atoms with E-state index < -0.39 is 0 Å². The number of nitrogens with zero attached hydrogens (tertiary/aromatic N) is 4. The van der Waals surface area contributed by atoms with Crippen LogP contribution >= 0.6 is 12.4 Å². The summed E-state index contributed by atoms with van der Waals surface area (Å²) in [6, 6.07) is 17.9. The molecule has 0 atom stereocenters. The number of carbonyl (C=O) groups excluding carboxylic acids is 1. The molecule has 182 valence electrons. The molecule has 0 aliphatic rings. The molecule has 4 rings (SSSR count). The van der Waals surface area contributed by atoms with Crippen LogP contribution in [0.5, 0.6) is 5.75 Å². The lowest BCUT2D eigenvalue weighted by Crippen LogP contribution is -2.35. The third-order valence-corrected chi connectivity index (χ3v) is 5.37. The van der Waals surface area contributed by atoms with Gasteiger partial charge in [0.15, 0.2) is 5.82 Å². The number of pyridine rings is 1. The molecule has 9 nitrogen and oxygen atoms in total. The number of hydrogen-bond donors (Lipinski definition) is 3. The predicted octanol–water partition coefficient (Wildman–Crippen LogP) is 4.37. The van der Waals surface area contributed by atoms with Gasteiger partial charge in [-0.2, -0.15) is 0 Å². The van der Waals surface area contributed by atoms with Gasteiger partial charge in [0.25, 0.3) is 0 Å². The van der Waals surface area contributed by atoms with Crippen molar-refractivity contribution in [3.05, 3.63) is 77.1 Å². The topological polar surface area (TPSA) is 118 Å². The van der Waals surface area contributed by atoms with Gasteiger partial charge in [0.2, 0.25) is 0 Å². The Labute approximate surface area is 210 Å². The smallest absolute Gasteiger partial charge is 0.315 e. The SMILES string of the molecule is CCNC(=O)NCc1c(OCc2ccc(-c3ccccc3-c3nnn[nH]3)cc2)cc(C)nc1C.Cl. The first kappa shape index (κ1) is 25.6. The molecule has 10 heteroatoms. The molecule has 2 aromatic carbocycles. The molecule has 0 aliphatic heterocycles. The molecule has 0 saturated carbocycles. The predicted molar refractivity (Wildman–Crippen MR) is 136 cm³/mol. The van der Waals surface area contributed by atoms with Crippen LogP contribution in [0, 0.1) is 13.8 Å². The summed E-state index contributed by atoms with van der Waals surface area (Å²) in [5.74, 6) is 1.34. The molecule has 0 bridgehead atoms. The van der Waals surface area contributed by atoms with Gasteiger partial charge in [0, 0.05) is 41.7 Å². The summed E-state index contributed by atoms with van der Waals surface area (Å²) in [6.07, 6.45) is 0. The number of halogens is 1. The van der Waals surface area contributed by atoms with Crippen molar-refractivity contribution in [2.24, 2.45) is 0 Å². The molecule has 2 amide bonds. The number of aryl methyl sites for hydroxylation is 2. The van der Waals surface area contributed by atoms with Crippen LogP contribution in [0.25, 0.3) is 22.5 Å². The van der Waals surface area contributed by atoms with Crippen molar-refractivity contribution < 1.29 is 9.53 Å². The van der Waals surface area contributed by atoms with Crippen molar-refractivity contribution in [1.29, 1.82) is 0 Å². The van der Waals surface area contributed by atoms with Crippen LogP contribution in [0.3, 0.4) is 0 Å². The van der Waals surface area contributed by atoms with Crippen LogP contribution in [-0.4, -0.2) is 38.2 Å². The Kier molecular flexibility index (Phi) is 8.74. The molecule has 0 unspecified atom stereocenters. The average Bonchev–Trinajstić information content (AvgIpc) is 3.37. The number of tetrazole rings is 1. The van der Waals surface area contributed by atoms with E-state index in [1.807, 2.05) is 63.2 Å². The van der Waals surface area contributed by atoms with Crippen molar-refractivity contribution in [3.8, 4) is 28.3 Å². The minimum atomic E-state index is -0.217. The summed E-state index contributed by atoms with van der Waals surface area (Å²) in [5, 5.41) is 19.8. The van der Waals surface area contributed by atoms with Crippen molar-refractivity contribution in [2.75, 3.05) is 6.54 Å². The van der Waals surface area contributed by atoms with Gasteiger partial charge >= 0.3 is 6.03 Å². The Balaban J connectivity index is 0.00000342. The van der Waals surface area contributed by atoms with Gasteiger partial charge in [0.1, 0.15) is 12.4 Å². The van der Waals surface area contributed by atoms with Gasteiger partial charge in [-0.05, 0) is 47.9 Å². The van der Waals surface area contributed by atoms with E-state index in [2.05, 4.69) is 48.4 Å². The van der Waals surface area contributed by atoms with Crippen LogP contribution in [-0.2, 0) is 13.2 Å². The Hall–Kier alpha value is -3.98. The van der Waals surface area contributed by atoms with Crippen molar-refractivity contribution in [3.63, 3.8) is 0 Å². The van der Waals surface area contributed by atoms with Gasteiger partial charge in [-0.25, -0.2) is 9.89 Å². The summed E-state index contributed by atoms with van der Waals surface area (Å²) in [7, 11) is 0. The fourth-order valence-corrected chi connectivity index (χ4v) is 3.71. The van der Waals surface area contributed by atoms with Crippen LogP contribution in [0.4, 0.5) is 4.79 Å². The van der Waals surface area contributed by atoms with Crippen molar-refractivity contribution in [2.45, 2.75) is 33.9 Å². The molecule has 0 fully saturated rings. The van der Waals surface area contributed by atoms with Crippen molar-refractivity contribution in [1.82, 2.24) is 36.2 Å². The first-order valence-corrected chi connectivity index (χ1v) is 11.1. The van der Waals surface area contributed by atoms with Gasteiger partial charge in [-0.1, -0.05) is 48.5 Å². The van der Waals surface area contributed by atoms with E-state index in [9.17, 15) is 4.79 Å². The lowest BCUT2D eigenvalue weighted by molar-refractivity contribution is 0.240. The molecule has 2 aromatic heterocycles. The molecule has 4 aromatic rings. The Bertz CT molecular complexity index is 1260. The number of rotatable bonds is 8. The lowest BCUT2D eigenvalue weighted by Gasteiger charge is -2.16. The number of carbonyl (C=O) groups is 1. The number of H-pyrrole nitrogens is 1. The number of aromatic nitrogens is 5. The molecule has 0 spiro atoms. The lowest BCUT2D eigenvalue weighted by atomic mass is 9.98. The van der Waals surface area contributed by atoms with E-state index in [0.29, 0.717) is 31.3 Å². The van der Waals surface area contributed by atoms with Crippen molar-refractivity contribution >= 4 is 18.4 Å². The average molecular weight is 494 g/mol. The van der Waals surface area contributed by atoms with Crippen LogP contribution in [0.2, 0.25) is 0 Å². The highest BCUT2D eigenvalue weighted by atomic mass is 35.5. The summed E-state index contributed by atoms with van der Waals surface area (Å²) in [6.45, 7) is 7.03. The number of benzene rings is 2. The number of aromatic amines is 1. The zero-order chi connectivity index (χ0) is 23.9. The molecular formula is C25H28ClN7O2. The van der Waals surface area contributed by atoms with E-state index in [4.69, 9.17) is 4.74 Å². The van der Waals surface area contributed by atoms with Gasteiger partial charge in [-0.15, -0.1) is 17.5 Å². The number of urea groups is 1. The van der Waals surface area contributed by atoms with E-state index in [-0.39, 0.29) is 18.4 Å². The molecule has 35 heavy (non-hydrogen) atoms. The second kappa shape index (κ2) is 11.9. The van der Waals surface area contributed by atoms with Gasteiger partial charge in [0.05, 0.1) is 0 Å². The number of ether oxygens (including phenoxy) is 1. The third kappa shape index (κ3) is 6.33. The second-order valence-corrected chi connectivity index (χ2v) is 7.82.